The number of imidazole rings is 1. The first-order chi connectivity index (χ1) is 13.5. The Hall–Kier alpha value is -3.21. The van der Waals surface area contributed by atoms with Crippen LogP contribution in [-0.4, -0.2) is 37.1 Å². The molecule has 2 heterocycles. The highest BCUT2D eigenvalue weighted by atomic mass is 32.1. The molecule has 11 heteroatoms. The third-order valence-corrected chi connectivity index (χ3v) is 4.61. The Labute approximate surface area is 168 Å². The van der Waals surface area contributed by atoms with Crippen LogP contribution in [0, 0.1) is 20.8 Å². The van der Waals surface area contributed by atoms with Crippen molar-refractivity contribution in [3.8, 4) is 5.69 Å². The summed E-state index contributed by atoms with van der Waals surface area (Å²) < 4.78 is 37.9. The standard InChI is InChI=1S/C16H16N4OS.C2HF3O2/c1-10-12(3)20(9-17-10)14-6-4-13(5-7-14)18-16(21)15-8-22-19-11(15)2;3-2(4,5)1(6)7/h4-9H,1-3H3,(H,18,21);(H,6,7). The minimum Gasteiger partial charge on any atom is -0.475 e. The number of alkyl halides is 3. The SMILES string of the molecule is Cc1nscc1C(=O)Nc1ccc(-n2cnc(C)c2C)cc1.O=C(O)C(F)(F)F. The fourth-order valence-corrected chi connectivity index (χ4v) is 2.87. The molecular weight excluding hydrogens is 409 g/mol. The van der Waals surface area contributed by atoms with Gasteiger partial charge in [0.05, 0.1) is 23.3 Å². The van der Waals surface area contributed by atoms with Crippen molar-refractivity contribution in [1.82, 2.24) is 13.9 Å². The summed E-state index contributed by atoms with van der Waals surface area (Å²) >= 11 is 1.29. The van der Waals surface area contributed by atoms with Crippen molar-refractivity contribution in [2.45, 2.75) is 26.9 Å². The van der Waals surface area contributed by atoms with Gasteiger partial charge < -0.3 is 15.0 Å². The van der Waals surface area contributed by atoms with Gasteiger partial charge in [-0.15, -0.1) is 0 Å². The summed E-state index contributed by atoms with van der Waals surface area (Å²) in [7, 11) is 0. The molecular formula is C18H17F3N4O3S. The van der Waals surface area contributed by atoms with E-state index in [4.69, 9.17) is 9.90 Å². The van der Waals surface area contributed by atoms with E-state index >= 15 is 0 Å². The van der Waals surface area contributed by atoms with E-state index in [0.29, 0.717) is 5.56 Å². The van der Waals surface area contributed by atoms with Gasteiger partial charge in [0, 0.05) is 22.4 Å². The number of nitrogens with one attached hydrogen (secondary N) is 1. The van der Waals surface area contributed by atoms with Gasteiger partial charge in [-0.1, -0.05) is 0 Å². The second-order valence-corrected chi connectivity index (χ2v) is 6.53. The van der Waals surface area contributed by atoms with Gasteiger partial charge in [-0.2, -0.15) is 17.5 Å². The topological polar surface area (TPSA) is 97.1 Å². The molecule has 0 fully saturated rings. The lowest BCUT2D eigenvalue weighted by atomic mass is 10.2. The van der Waals surface area contributed by atoms with Crippen molar-refractivity contribution in [3.05, 3.63) is 58.6 Å². The molecule has 0 saturated carbocycles. The number of hydrogen-bond donors (Lipinski definition) is 2. The third-order valence-electron chi connectivity index (χ3n) is 3.89. The Morgan fingerprint density at radius 1 is 1.10 bits per heavy atom. The maximum Gasteiger partial charge on any atom is 0.490 e. The zero-order valence-corrected chi connectivity index (χ0v) is 16.4. The fourth-order valence-electron chi connectivity index (χ4n) is 2.17. The molecule has 0 saturated heterocycles. The number of aryl methyl sites for hydroxylation is 2. The second-order valence-electron chi connectivity index (χ2n) is 5.90. The van der Waals surface area contributed by atoms with Crippen LogP contribution in [0.3, 0.4) is 0 Å². The molecule has 0 aliphatic rings. The molecule has 1 amide bonds. The third kappa shape index (κ3) is 5.64. The molecule has 1 aromatic carbocycles. The summed E-state index contributed by atoms with van der Waals surface area (Å²) in [6.45, 7) is 5.85. The summed E-state index contributed by atoms with van der Waals surface area (Å²) in [5, 5.41) is 11.8. The number of nitrogens with zero attached hydrogens (tertiary/aromatic N) is 3. The number of amides is 1. The molecule has 0 atom stereocenters. The number of carbonyl (C=O) groups is 2. The van der Waals surface area contributed by atoms with Gasteiger partial charge in [0.25, 0.3) is 5.91 Å². The molecule has 0 aliphatic heterocycles. The zero-order valence-electron chi connectivity index (χ0n) is 15.6. The highest BCUT2D eigenvalue weighted by Gasteiger charge is 2.38. The van der Waals surface area contributed by atoms with Crippen molar-refractivity contribution in [3.63, 3.8) is 0 Å². The van der Waals surface area contributed by atoms with Crippen LogP contribution in [0.4, 0.5) is 18.9 Å². The number of aromatic nitrogens is 3. The van der Waals surface area contributed by atoms with E-state index in [1.165, 1.54) is 11.5 Å². The Kier molecular flexibility index (Phi) is 6.75. The summed E-state index contributed by atoms with van der Waals surface area (Å²) in [5.74, 6) is -2.89. The Morgan fingerprint density at radius 2 is 1.69 bits per heavy atom. The van der Waals surface area contributed by atoms with E-state index < -0.39 is 12.1 Å². The highest BCUT2D eigenvalue weighted by Crippen LogP contribution is 2.18. The summed E-state index contributed by atoms with van der Waals surface area (Å²) in [4.78, 5) is 25.3. The number of benzene rings is 1. The second kappa shape index (κ2) is 8.86. The molecule has 0 unspecified atom stereocenters. The van der Waals surface area contributed by atoms with Gasteiger partial charge in [0.1, 0.15) is 0 Å². The lowest BCUT2D eigenvalue weighted by Gasteiger charge is -2.08. The number of aliphatic carboxylic acids is 1. The molecule has 2 N–H and O–H groups in total. The Bertz CT molecular complexity index is 1010. The maximum absolute atomic E-state index is 12.1. The molecule has 0 aliphatic carbocycles. The predicted octanol–water partition coefficient (Wildman–Crippen LogP) is 4.14. The number of carboxylic acids is 1. The Morgan fingerprint density at radius 3 is 2.10 bits per heavy atom. The van der Waals surface area contributed by atoms with Crippen LogP contribution in [0.15, 0.2) is 36.0 Å². The van der Waals surface area contributed by atoms with Gasteiger partial charge in [0.2, 0.25) is 0 Å². The number of hydrogen-bond acceptors (Lipinski definition) is 5. The minimum atomic E-state index is -5.08. The first-order valence-electron chi connectivity index (χ1n) is 8.14. The lowest BCUT2D eigenvalue weighted by Crippen LogP contribution is -2.21. The molecule has 3 rings (SSSR count). The monoisotopic (exact) mass is 426 g/mol. The van der Waals surface area contributed by atoms with Crippen LogP contribution in [0.1, 0.15) is 27.4 Å². The number of anilines is 1. The van der Waals surface area contributed by atoms with Crippen molar-refractivity contribution in [2.24, 2.45) is 0 Å². The number of carbonyl (C=O) groups excluding carboxylic acids is 1. The molecule has 0 radical (unpaired) electrons. The van der Waals surface area contributed by atoms with E-state index in [1.807, 2.05) is 49.6 Å². The molecule has 7 nitrogen and oxygen atoms in total. The zero-order chi connectivity index (χ0) is 21.8. The van der Waals surface area contributed by atoms with E-state index in [-0.39, 0.29) is 5.91 Å². The normalized spacial score (nSPS) is 10.8. The minimum absolute atomic E-state index is 0.131. The van der Waals surface area contributed by atoms with Crippen LogP contribution in [0.5, 0.6) is 0 Å². The van der Waals surface area contributed by atoms with Crippen LogP contribution >= 0.6 is 11.5 Å². The predicted molar refractivity (Wildman–Crippen MR) is 102 cm³/mol. The summed E-state index contributed by atoms with van der Waals surface area (Å²) in [6.07, 6.45) is -3.28. The number of halogens is 3. The molecule has 2 aromatic heterocycles. The van der Waals surface area contributed by atoms with Gasteiger partial charge in [-0.3, -0.25) is 4.79 Å². The van der Waals surface area contributed by atoms with E-state index in [0.717, 1.165) is 28.5 Å². The highest BCUT2D eigenvalue weighted by molar-refractivity contribution is 7.04. The van der Waals surface area contributed by atoms with E-state index in [9.17, 15) is 18.0 Å². The van der Waals surface area contributed by atoms with Gasteiger partial charge in [0.15, 0.2) is 0 Å². The fraction of sp³-hybridized carbons (Fsp3) is 0.222. The molecule has 0 bridgehead atoms. The molecule has 154 valence electrons. The molecule has 0 spiro atoms. The van der Waals surface area contributed by atoms with Crippen LogP contribution in [0.2, 0.25) is 0 Å². The van der Waals surface area contributed by atoms with Crippen LogP contribution < -0.4 is 5.32 Å². The molecule has 3 aromatic rings. The number of rotatable bonds is 3. The number of carboxylic acid groups (broad SMARTS) is 1. The maximum atomic E-state index is 12.1. The molecule has 29 heavy (non-hydrogen) atoms. The first-order valence-corrected chi connectivity index (χ1v) is 8.97. The van der Waals surface area contributed by atoms with Crippen molar-refractivity contribution >= 4 is 29.1 Å². The average Bonchev–Trinajstić information content (AvgIpc) is 3.22. The van der Waals surface area contributed by atoms with Crippen LogP contribution in [-0.2, 0) is 4.79 Å². The first kappa shape index (κ1) is 22.1. The van der Waals surface area contributed by atoms with Crippen LogP contribution in [0.25, 0.3) is 5.69 Å². The van der Waals surface area contributed by atoms with Gasteiger partial charge in [-0.25, -0.2) is 9.78 Å². The largest absolute Gasteiger partial charge is 0.490 e. The summed E-state index contributed by atoms with van der Waals surface area (Å²) in [5.41, 5.74) is 5.27. The van der Waals surface area contributed by atoms with Crippen molar-refractivity contribution in [1.29, 1.82) is 0 Å². The Balaban J connectivity index is 0.000000370. The quantitative estimate of drug-likeness (QED) is 0.656. The summed E-state index contributed by atoms with van der Waals surface area (Å²) in [6, 6.07) is 7.69. The average molecular weight is 426 g/mol. The van der Waals surface area contributed by atoms with Gasteiger partial charge in [-0.05, 0) is 56.6 Å². The smallest absolute Gasteiger partial charge is 0.475 e. The lowest BCUT2D eigenvalue weighted by molar-refractivity contribution is -0.192. The van der Waals surface area contributed by atoms with E-state index in [2.05, 4.69) is 14.7 Å². The van der Waals surface area contributed by atoms with Gasteiger partial charge >= 0.3 is 12.1 Å². The van der Waals surface area contributed by atoms with E-state index in [1.54, 1.807) is 11.7 Å². The van der Waals surface area contributed by atoms with Crippen molar-refractivity contribution < 1.29 is 27.9 Å². The van der Waals surface area contributed by atoms with Crippen molar-refractivity contribution in [2.75, 3.05) is 5.32 Å².